The third-order valence-electron chi connectivity index (χ3n) is 3.88. The zero-order valence-electron chi connectivity index (χ0n) is 13.5. The number of carbonyl (C=O) groups is 1. The average molecular weight is 319 g/mol. The first kappa shape index (κ1) is 17.0. The highest BCUT2D eigenvalue weighted by Crippen LogP contribution is 2.19. The molecule has 1 aliphatic carbocycles. The Morgan fingerprint density at radius 1 is 1.36 bits per heavy atom. The Bertz CT molecular complexity index is 543. The van der Waals surface area contributed by atoms with Gasteiger partial charge in [0.1, 0.15) is 0 Å². The minimum Gasteiger partial charge on any atom is -0.352 e. The molecule has 1 aromatic heterocycles. The summed E-state index contributed by atoms with van der Waals surface area (Å²) in [6.45, 7) is 2.79. The summed E-state index contributed by atoms with van der Waals surface area (Å²) in [6.07, 6.45) is 13.6. The first-order valence-corrected chi connectivity index (χ1v) is 9.33. The lowest BCUT2D eigenvalue weighted by atomic mass is 9.97. The van der Waals surface area contributed by atoms with Crippen molar-refractivity contribution in [1.82, 2.24) is 15.3 Å². The predicted octanol–water partition coefficient (Wildman–Crippen LogP) is 3.77. The zero-order chi connectivity index (χ0) is 15.8. The fraction of sp³-hybridized carbons (Fsp3) is 0.588. The number of aryl methyl sites for hydroxylation is 1. The van der Waals surface area contributed by atoms with E-state index in [0.29, 0.717) is 12.1 Å². The lowest BCUT2D eigenvalue weighted by Gasteiger charge is -2.13. The molecule has 0 aliphatic heterocycles. The van der Waals surface area contributed by atoms with E-state index < -0.39 is 0 Å². The second-order valence-electron chi connectivity index (χ2n) is 5.58. The van der Waals surface area contributed by atoms with E-state index in [4.69, 9.17) is 0 Å². The van der Waals surface area contributed by atoms with Crippen LogP contribution in [-0.2, 0) is 6.42 Å². The number of carbonyl (C=O) groups excluding carboxylic acids is 1. The van der Waals surface area contributed by atoms with Crippen molar-refractivity contribution in [3.8, 4) is 0 Å². The van der Waals surface area contributed by atoms with Crippen molar-refractivity contribution >= 4 is 17.7 Å². The smallest absolute Gasteiger partial charge is 0.254 e. The molecule has 0 atom stereocenters. The van der Waals surface area contributed by atoms with Crippen molar-refractivity contribution in [2.24, 2.45) is 0 Å². The molecule has 1 aromatic rings. The molecule has 0 spiro atoms. The van der Waals surface area contributed by atoms with Crippen LogP contribution in [0.3, 0.4) is 0 Å². The Morgan fingerprint density at radius 2 is 2.23 bits per heavy atom. The molecular formula is C17H25N3OS. The largest absolute Gasteiger partial charge is 0.352 e. The minimum atomic E-state index is -0.0486. The highest BCUT2D eigenvalue weighted by atomic mass is 32.2. The molecule has 120 valence electrons. The Balaban J connectivity index is 1.94. The van der Waals surface area contributed by atoms with Crippen molar-refractivity contribution in [2.45, 2.75) is 57.0 Å². The van der Waals surface area contributed by atoms with E-state index in [9.17, 15) is 4.79 Å². The van der Waals surface area contributed by atoms with Gasteiger partial charge in [-0.3, -0.25) is 4.79 Å². The lowest BCUT2D eigenvalue weighted by molar-refractivity contribution is 0.0952. The van der Waals surface area contributed by atoms with Gasteiger partial charge in [0.2, 0.25) is 0 Å². The van der Waals surface area contributed by atoms with Crippen molar-refractivity contribution in [2.75, 3.05) is 12.8 Å². The summed E-state index contributed by atoms with van der Waals surface area (Å²) in [6, 6.07) is 0. The number of rotatable bonds is 7. The van der Waals surface area contributed by atoms with Gasteiger partial charge < -0.3 is 5.32 Å². The van der Waals surface area contributed by atoms with Crippen LogP contribution in [-0.4, -0.2) is 28.7 Å². The molecule has 0 bridgehead atoms. The van der Waals surface area contributed by atoms with Crippen LogP contribution in [0.1, 0.15) is 61.5 Å². The van der Waals surface area contributed by atoms with Crippen molar-refractivity contribution in [3.05, 3.63) is 29.1 Å². The molecule has 1 N–H and O–H groups in total. The number of allylic oxidation sites excluding steroid dienone is 1. The first-order chi connectivity index (χ1) is 10.7. The van der Waals surface area contributed by atoms with Crippen LogP contribution in [0.5, 0.6) is 0 Å². The standard InChI is InChI=1S/C17H25N3OS/c1-3-7-15-14(12-19-17(20-15)22-2)16(21)18-11-10-13-8-5-4-6-9-13/h8,12H,3-7,9-11H2,1-2H3,(H,18,21). The number of nitrogens with zero attached hydrogens (tertiary/aromatic N) is 2. The van der Waals surface area contributed by atoms with Crippen molar-refractivity contribution in [1.29, 1.82) is 0 Å². The molecule has 0 aromatic carbocycles. The van der Waals surface area contributed by atoms with Gasteiger partial charge >= 0.3 is 0 Å². The van der Waals surface area contributed by atoms with Crippen molar-refractivity contribution < 1.29 is 4.79 Å². The predicted molar refractivity (Wildman–Crippen MR) is 91.3 cm³/mol. The second kappa shape index (κ2) is 8.93. The maximum absolute atomic E-state index is 12.4. The molecule has 0 saturated heterocycles. The van der Waals surface area contributed by atoms with Gasteiger partial charge in [-0.05, 0) is 44.8 Å². The second-order valence-corrected chi connectivity index (χ2v) is 6.35. The summed E-state index contributed by atoms with van der Waals surface area (Å²) >= 11 is 1.50. The van der Waals surface area contributed by atoms with Crippen LogP contribution in [0, 0.1) is 0 Å². The monoisotopic (exact) mass is 319 g/mol. The van der Waals surface area contributed by atoms with Gasteiger partial charge in [0, 0.05) is 12.7 Å². The Hall–Kier alpha value is -1.36. The molecule has 0 unspecified atom stereocenters. The van der Waals surface area contributed by atoms with Gasteiger partial charge in [-0.15, -0.1) is 0 Å². The Morgan fingerprint density at radius 3 is 2.91 bits per heavy atom. The quantitative estimate of drug-likeness (QED) is 0.472. The number of hydrogen-bond donors (Lipinski definition) is 1. The van der Waals surface area contributed by atoms with E-state index in [1.807, 2.05) is 6.26 Å². The molecule has 1 amide bonds. The van der Waals surface area contributed by atoms with Crippen LogP contribution in [0.2, 0.25) is 0 Å². The van der Waals surface area contributed by atoms with E-state index >= 15 is 0 Å². The molecule has 2 rings (SSSR count). The maximum Gasteiger partial charge on any atom is 0.254 e. The van der Waals surface area contributed by atoms with Crippen molar-refractivity contribution in [3.63, 3.8) is 0 Å². The summed E-state index contributed by atoms with van der Waals surface area (Å²) in [5, 5.41) is 3.75. The van der Waals surface area contributed by atoms with E-state index in [1.165, 1.54) is 43.0 Å². The average Bonchev–Trinajstić information content (AvgIpc) is 2.56. The molecular weight excluding hydrogens is 294 g/mol. The summed E-state index contributed by atoms with van der Waals surface area (Å²) in [5.41, 5.74) is 2.96. The molecule has 0 fully saturated rings. The van der Waals surface area contributed by atoms with E-state index in [1.54, 1.807) is 6.20 Å². The van der Waals surface area contributed by atoms with Crippen LogP contribution >= 0.6 is 11.8 Å². The van der Waals surface area contributed by atoms with Gasteiger partial charge in [-0.1, -0.05) is 36.8 Å². The van der Waals surface area contributed by atoms with E-state index in [0.717, 1.165) is 30.1 Å². The van der Waals surface area contributed by atoms with Gasteiger partial charge in [0.15, 0.2) is 5.16 Å². The summed E-state index contributed by atoms with van der Waals surface area (Å²) < 4.78 is 0. The third kappa shape index (κ3) is 4.83. The number of thioether (sulfide) groups is 1. The Kier molecular flexibility index (Phi) is 6.90. The van der Waals surface area contributed by atoms with E-state index in [2.05, 4.69) is 28.3 Å². The summed E-state index contributed by atoms with van der Waals surface area (Å²) in [5.74, 6) is -0.0486. The van der Waals surface area contributed by atoms with Gasteiger partial charge in [0.25, 0.3) is 5.91 Å². The molecule has 5 heteroatoms. The Labute approximate surface area is 137 Å². The van der Waals surface area contributed by atoms with Crippen LogP contribution in [0.25, 0.3) is 0 Å². The fourth-order valence-corrected chi connectivity index (χ4v) is 3.04. The van der Waals surface area contributed by atoms with Crippen LogP contribution in [0.15, 0.2) is 23.0 Å². The molecule has 22 heavy (non-hydrogen) atoms. The zero-order valence-corrected chi connectivity index (χ0v) is 14.3. The molecule has 0 radical (unpaired) electrons. The molecule has 4 nitrogen and oxygen atoms in total. The van der Waals surface area contributed by atoms with E-state index in [-0.39, 0.29) is 5.91 Å². The van der Waals surface area contributed by atoms with Gasteiger partial charge in [0.05, 0.1) is 11.3 Å². The SMILES string of the molecule is CCCc1nc(SC)ncc1C(=O)NCCC1=CCCCC1. The highest BCUT2D eigenvalue weighted by Gasteiger charge is 2.14. The molecule has 1 heterocycles. The third-order valence-corrected chi connectivity index (χ3v) is 4.44. The fourth-order valence-electron chi connectivity index (χ4n) is 2.68. The highest BCUT2D eigenvalue weighted by molar-refractivity contribution is 7.98. The summed E-state index contributed by atoms with van der Waals surface area (Å²) in [7, 11) is 0. The number of nitrogens with one attached hydrogen (secondary N) is 1. The number of amides is 1. The van der Waals surface area contributed by atoms with Crippen LogP contribution in [0.4, 0.5) is 0 Å². The minimum absolute atomic E-state index is 0.0486. The van der Waals surface area contributed by atoms with Gasteiger partial charge in [-0.2, -0.15) is 0 Å². The summed E-state index contributed by atoms with van der Waals surface area (Å²) in [4.78, 5) is 21.1. The first-order valence-electron chi connectivity index (χ1n) is 8.10. The topological polar surface area (TPSA) is 54.9 Å². The molecule has 1 aliphatic rings. The van der Waals surface area contributed by atoms with Gasteiger partial charge in [-0.25, -0.2) is 9.97 Å². The maximum atomic E-state index is 12.4. The lowest BCUT2D eigenvalue weighted by Crippen LogP contribution is -2.26. The molecule has 0 saturated carbocycles. The number of aromatic nitrogens is 2. The normalized spacial score (nSPS) is 14.5. The van der Waals surface area contributed by atoms with Crippen LogP contribution < -0.4 is 5.32 Å². The number of hydrogen-bond acceptors (Lipinski definition) is 4.